The highest BCUT2D eigenvalue weighted by molar-refractivity contribution is 5.94. The van der Waals surface area contributed by atoms with Crippen LogP contribution < -0.4 is 4.74 Å². The number of hydrogen-bond donors (Lipinski definition) is 0. The molecule has 5 nitrogen and oxygen atoms in total. The van der Waals surface area contributed by atoms with Crippen molar-refractivity contribution in [2.45, 2.75) is 44.6 Å². The Morgan fingerprint density at radius 2 is 1.64 bits per heavy atom. The molecule has 0 aliphatic carbocycles. The van der Waals surface area contributed by atoms with Gasteiger partial charge in [0.05, 0.1) is 18.7 Å². The summed E-state index contributed by atoms with van der Waals surface area (Å²) in [6, 6.07) is 11.0. The Bertz CT molecular complexity index is 988. The zero-order chi connectivity index (χ0) is 23.4. The topological polar surface area (TPSA) is 49.9 Å². The monoisotopic (exact) mass is 456 g/mol. The summed E-state index contributed by atoms with van der Waals surface area (Å²) in [5, 5.41) is 0. The number of carbonyl (C=O) groups is 2. The number of rotatable bonds is 4. The fraction of sp³-hybridized carbons (Fsp3) is 0.462. The molecule has 2 aromatic carbocycles. The number of methoxy groups -OCH3 is 1. The molecule has 0 bridgehead atoms. The largest absolute Gasteiger partial charge is 0.497 e. The number of amides is 2. The van der Waals surface area contributed by atoms with Crippen LogP contribution in [0, 0.1) is 17.6 Å². The molecule has 2 saturated heterocycles. The molecule has 2 aromatic rings. The van der Waals surface area contributed by atoms with E-state index in [1.807, 2.05) is 29.2 Å². The Morgan fingerprint density at radius 3 is 2.30 bits per heavy atom. The predicted molar refractivity (Wildman–Crippen MR) is 121 cm³/mol. The van der Waals surface area contributed by atoms with Gasteiger partial charge in [-0.05, 0) is 55.5 Å². The predicted octanol–water partition coefficient (Wildman–Crippen LogP) is 4.97. The van der Waals surface area contributed by atoms with Crippen molar-refractivity contribution in [2.75, 3.05) is 26.7 Å². The third kappa shape index (κ3) is 5.18. The summed E-state index contributed by atoms with van der Waals surface area (Å²) >= 11 is 0. The first-order chi connectivity index (χ1) is 16.0. The average molecular weight is 457 g/mol. The third-order valence-corrected chi connectivity index (χ3v) is 6.83. The molecule has 4 rings (SSSR count). The number of hydrogen-bond acceptors (Lipinski definition) is 3. The van der Waals surface area contributed by atoms with Gasteiger partial charge in [-0.1, -0.05) is 25.0 Å². The van der Waals surface area contributed by atoms with Gasteiger partial charge in [-0.15, -0.1) is 0 Å². The zero-order valence-electron chi connectivity index (χ0n) is 18.9. The first-order valence-corrected chi connectivity index (χ1v) is 11.7. The van der Waals surface area contributed by atoms with Crippen LogP contribution in [-0.2, 0) is 4.79 Å². The molecule has 2 heterocycles. The summed E-state index contributed by atoms with van der Waals surface area (Å²) in [6.07, 6.45) is 5.18. The number of benzene rings is 2. The van der Waals surface area contributed by atoms with Gasteiger partial charge in [0.2, 0.25) is 5.91 Å². The molecule has 7 heteroatoms. The summed E-state index contributed by atoms with van der Waals surface area (Å²) in [5.74, 6) is -1.25. The van der Waals surface area contributed by atoms with Gasteiger partial charge in [0.1, 0.15) is 17.4 Å². The number of halogens is 2. The van der Waals surface area contributed by atoms with Crippen LogP contribution in [0.5, 0.6) is 5.75 Å². The molecular formula is C26H30F2N2O3. The van der Waals surface area contributed by atoms with Gasteiger partial charge in [0.25, 0.3) is 5.91 Å². The van der Waals surface area contributed by atoms with Crippen molar-refractivity contribution in [3.05, 3.63) is 65.2 Å². The van der Waals surface area contributed by atoms with E-state index in [1.165, 1.54) is 6.07 Å². The number of piperidine rings is 1. The smallest absolute Gasteiger partial charge is 0.256 e. The molecule has 2 amide bonds. The summed E-state index contributed by atoms with van der Waals surface area (Å²) in [4.78, 5) is 29.8. The van der Waals surface area contributed by atoms with Gasteiger partial charge >= 0.3 is 0 Å². The molecule has 2 fully saturated rings. The van der Waals surface area contributed by atoms with Crippen LogP contribution in [-0.4, -0.2) is 48.4 Å². The summed E-state index contributed by atoms with van der Waals surface area (Å²) in [7, 11) is 1.64. The van der Waals surface area contributed by atoms with Crippen LogP contribution in [0.25, 0.3) is 0 Å². The quantitative estimate of drug-likeness (QED) is 0.653. The Labute approximate surface area is 193 Å². The Kier molecular flexibility index (Phi) is 7.26. The second kappa shape index (κ2) is 10.3. The third-order valence-electron chi connectivity index (χ3n) is 6.83. The number of carbonyl (C=O) groups excluding carboxylic acids is 2. The average Bonchev–Trinajstić information content (AvgIpc) is 3.09. The van der Waals surface area contributed by atoms with Gasteiger partial charge in [-0.25, -0.2) is 8.78 Å². The summed E-state index contributed by atoms with van der Waals surface area (Å²) in [5.41, 5.74) is 0.985. The van der Waals surface area contributed by atoms with Crippen molar-refractivity contribution >= 4 is 11.8 Å². The van der Waals surface area contributed by atoms with E-state index >= 15 is 0 Å². The van der Waals surface area contributed by atoms with E-state index in [9.17, 15) is 18.4 Å². The van der Waals surface area contributed by atoms with Crippen LogP contribution in [0.3, 0.4) is 0 Å². The van der Waals surface area contributed by atoms with Crippen molar-refractivity contribution < 1.29 is 23.1 Å². The van der Waals surface area contributed by atoms with E-state index in [1.54, 1.807) is 12.0 Å². The molecule has 2 aliphatic heterocycles. The minimum Gasteiger partial charge on any atom is -0.497 e. The van der Waals surface area contributed by atoms with Crippen molar-refractivity contribution in [3.8, 4) is 5.75 Å². The van der Waals surface area contributed by atoms with Crippen LogP contribution in [0.4, 0.5) is 8.78 Å². The maximum Gasteiger partial charge on any atom is 0.256 e. The molecule has 0 N–H and O–H groups in total. The van der Waals surface area contributed by atoms with E-state index in [2.05, 4.69) is 0 Å². The van der Waals surface area contributed by atoms with Crippen LogP contribution in [0.2, 0.25) is 0 Å². The Balaban J connectivity index is 1.43. The SMILES string of the molecule is COc1ccc([C@@H]2CCCCCN2C(=O)C2CCN(C(=O)c3ccc(F)cc3F)CC2)cc1. The fourth-order valence-electron chi connectivity index (χ4n) is 4.94. The van der Waals surface area contributed by atoms with E-state index in [0.717, 1.165) is 55.7 Å². The summed E-state index contributed by atoms with van der Waals surface area (Å²) in [6.45, 7) is 1.50. The molecule has 0 radical (unpaired) electrons. The fourth-order valence-corrected chi connectivity index (χ4v) is 4.94. The van der Waals surface area contributed by atoms with Crippen molar-refractivity contribution in [1.29, 1.82) is 0 Å². The molecule has 1 atom stereocenters. The number of likely N-dealkylation sites (tertiary alicyclic amines) is 2. The van der Waals surface area contributed by atoms with Gasteiger partial charge < -0.3 is 14.5 Å². The van der Waals surface area contributed by atoms with E-state index in [4.69, 9.17) is 4.74 Å². The van der Waals surface area contributed by atoms with Gasteiger partial charge in [0, 0.05) is 31.6 Å². The standard InChI is InChI=1S/C26H30F2N2O3/c1-33-21-9-6-18(7-10-21)24-5-3-2-4-14-30(24)25(31)19-12-15-29(16-13-19)26(32)22-11-8-20(27)17-23(22)28/h6-11,17,19,24H,2-5,12-16H2,1H3/t24-/m0/s1. The van der Waals surface area contributed by atoms with Crippen molar-refractivity contribution in [2.24, 2.45) is 5.92 Å². The first-order valence-electron chi connectivity index (χ1n) is 11.7. The van der Waals surface area contributed by atoms with Gasteiger partial charge in [-0.3, -0.25) is 9.59 Å². The Hall–Kier alpha value is -2.96. The van der Waals surface area contributed by atoms with E-state index in [0.29, 0.717) is 25.9 Å². The Morgan fingerprint density at radius 1 is 0.909 bits per heavy atom. The van der Waals surface area contributed by atoms with Crippen molar-refractivity contribution in [1.82, 2.24) is 9.80 Å². The number of nitrogens with zero attached hydrogens (tertiary/aromatic N) is 2. The maximum atomic E-state index is 14.0. The molecule has 33 heavy (non-hydrogen) atoms. The maximum absolute atomic E-state index is 14.0. The van der Waals surface area contributed by atoms with Gasteiger partial charge in [0.15, 0.2) is 0 Å². The lowest BCUT2D eigenvalue weighted by Gasteiger charge is -2.37. The summed E-state index contributed by atoms with van der Waals surface area (Å²) < 4.78 is 32.5. The molecule has 0 aromatic heterocycles. The molecule has 0 spiro atoms. The van der Waals surface area contributed by atoms with E-state index < -0.39 is 17.5 Å². The lowest BCUT2D eigenvalue weighted by molar-refractivity contribution is -0.139. The minimum absolute atomic E-state index is 0.0406. The molecule has 2 aliphatic rings. The van der Waals surface area contributed by atoms with Crippen LogP contribution >= 0.6 is 0 Å². The van der Waals surface area contributed by atoms with Crippen molar-refractivity contribution in [3.63, 3.8) is 0 Å². The highest BCUT2D eigenvalue weighted by atomic mass is 19.1. The second-order valence-corrected chi connectivity index (χ2v) is 8.86. The molecule has 0 unspecified atom stereocenters. The minimum atomic E-state index is -0.856. The second-order valence-electron chi connectivity index (χ2n) is 8.86. The highest BCUT2D eigenvalue weighted by Crippen LogP contribution is 2.34. The van der Waals surface area contributed by atoms with Gasteiger partial charge in [-0.2, -0.15) is 0 Å². The lowest BCUT2D eigenvalue weighted by Crippen LogP contribution is -2.45. The lowest BCUT2D eigenvalue weighted by atomic mass is 9.92. The molecular weight excluding hydrogens is 426 g/mol. The molecule has 0 saturated carbocycles. The van der Waals surface area contributed by atoms with E-state index in [-0.39, 0.29) is 23.4 Å². The first kappa shape index (κ1) is 23.2. The van der Waals surface area contributed by atoms with Crippen LogP contribution in [0.1, 0.15) is 60.5 Å². The molecule has 176 valence electrons. The zero-order valence-corrected chi connectivity index (χ0v) is 18.9. The van der Waals surface area contributed by atoms with Crippen LogP contribution in [0.15, 0.2) is 42.5 Å². The highest BCUT2D eigenvalue weighted by Gasteiger charge is 2.34. The number of ether oxygens (including phenoxy) is 1. The normalized spacial score (nSPS) is 19.8.